The molecule has 3 aliphatic carbocycles. The van der Waals surface area contributed by atoms with Crippen molar-refractivity contribution in [1.82, 2.24) is 0 Å². The van der Waals surface area contributed by atoms with Crippen molar-refractivity contribution in [2.45, 2.75) is 38.5 Å². The Morgan fingerprint density at radius 2 is 1.83 bits per heavy atom. The van der Waals surface area contributed by atoms with Crippen molar-refractivity contribution in [3.05, 3.63) is 34.9 Å². The molecule has 0 radical (unpaired) electrons. The van der Waals surface area contributed by atoms with Crippen molar-refractivity contribution in [2.75, 3.05) is 5.75 Å². The van der Waals surface area contributed by atoms with Crippen molar-refractivity contribution in [1.29, 1.82) is 0 Å². The highest BCUT2D eigenvalue weighted by atomic mass is 35.7. The molecule has 3 saturated carbocycles. The van der Waals surface area contributed by atoms with Gasteiger partial charge in [-0.3, -0.25) is 0 Å². The Morgan fingerprint density at radius 1 is 1.22 bits per heavy atom. The third-order valence-electron chi connectivity index (χ3n) is 4.58. The number of benzene rings is 1. The van der Waals surface area contributed by atoms with Gasteiger partial charge in [0.05, 0.1) is 5.75 Å². The van der Waals surface area contributed by atoms with Gasteiger partial charge in [-0.15, -0.1) is 0 Å². The zero-order valence-electron chi connectivity index (χ0n) is 10.7. The maximum absolute atomic E-state index is 11.2. The fourth-order valence-corrected chi connectivity index (χ4v) is 5.84. The summed E-state index contributed by atoms with van der Waals surface area (Å²) >= 11 is 0. The van der Waals surface area contributed by atoms with Crippen LogP contribution in [-0.4, -0.2) is 14.2 Å². The molecule has 0 heterocycles. The summed E-state index contributed by atoms with van der Waals surface area (Å²) in [5.74, 6) is 0.147. The van der Waals surface area contributed by atoms with E-state index >= 15 is 0 Å². The molecular formula is C14H17ClO2S. The Hall–Kier alpha value is -0.540. The molecule has 0 atom stereocenters. The van der Waals surface area contributed by atoms with Gasteiger partial charge in [0.15, 0.2) is 0 Å². The number of aryl methyl sites for hydroxylation is 2. The normalized spacial score (nSPS) is 33.7. The van der Waals surface area contributed by atoms with E-state index in [1.807, 2.05) is 0 Å². The lowest BCUT2D eigenvalue weighted by atomic mass is 9.34. The molecular weight excluding hydrogens is 268 g/mol. The van der Waals surface area contributed by atoms with Crippen LogP contribution >= 0.6 is 10.7 Å². The minimum atomic E-state index is -3.36. The van der Waals surface area contributed by atoms with E-state index in [1.165, 1.54) is 16.7 Å². The van der Waals surface area contributed by atoms with Crippen molar-refractivity contribution in [3.63, 3.8) is 0 Å². The first-order valence-corrected chi connectivity index (χ1v) is 8.72. The molecule has 0 N–H and O–H groups in total. The predicted molar refractivity (Wildman–Crippen MR) is 73.5 cm³/mol. The molecule has 4 heteroatoms. The lowest BCUT2D eigenvalue weighted by molar-refractivity contribution is -0.122. The van der Waals surface area contributed by atoms with Gasteiger partial charge >= 0.3 is 0 Å². The Kier molecular flexibility index (Phi) is 2.44. The Labute approximate surface area is 113 Å². The van der Waals surface area contributed by atoms with E-state index in [0.29, 0.717) is 0 Å². The SMILES string of the molecule is Cc1ccc(C)c(C23CC(CS(=O)(=O)Cl)(C2)C3)c1. The van der Waals surface area contributed by atoms with Gasteiger partial charge in [0.1, 0.15) is 0 Å². The van der Waals surface area contributed by atoms with Crippen molar-refractivity contribution >= 4 is 19.7 Å². The zero-order valence-corrected chi connectivity index (χ0v) is 12.2. The smallest absolute Gasteiger partial charge is 0.212 e. The summed E-state index contributed by atoms with van der Waals surface area (Å²) in [5, 5.41) is 0. The third-order valence-corrected chi connectivity index (χ3v) is 5.87. The molecule has 0 saturated heterocycles. The summed E-state index contributed by atoms with van der Waals surface area (Å²) in [4.78, 5) is 0. The maximum atomic E-state index is 11.2. The van der Waals surface area contributed by atoms with Gasteiger partial charge in [0.25, 0.3) is 0 Å². The van der Waals surface area contributed by atoms with E-state index in [0.717, 1.165) is 19.3 Å². The Balaban J connectivity index is 1.82. The molecule has 4 rings (SSSR count). The van der Waals surface area contributed by atoms with E-state index in [-0.39, 0.29) is 16.6 Å². The third kappa shape index (κ3) is 1.79. The summed E-state index contributed by atoms with van der Waals surface area (Å²) in [6.07, 6.45) is 2.95. The van der Waals surface area contributed by atoms with Gasteiger partial charge in [0, 0.05) is 10.7 Å². The molecule has 98 valence electrons. The van der Waals surface area contributed by atoms with E-state index in [1.54, 1.807) is 0 Å². The van der Waals surface area contributed by atoms with E-state index < -0.39 is 9.05 Å². The number of halogens is 1. The standard InChI is InChI=1S/C14H17ClO2S/c1-10-3-4-11(2)12(5-10)14-6-13(7-14,8-14)9-18(15,16)17/h3-5H,6-9H2,1-2H3. The molecule has 1 aromatic rings. The van der Waals surface area contributed by atoms with E-state index in [4.69, 9.17) is 10.7 Å². The Bertz CT molecular complexity index is 599. The maximum Gasteiger partial charge on any atom is 0.233 e. The largest absolute Gasteiger partial charge is 0.233 e. The lowest BCUT2D eigenvalue weighted by Crippen LogP contribution is -2.66. The number of hydrogen-bond acceptors (Lipinski definition) is 2. The molecule has 1 aromatic carbocycles. The highest BCUT2D eigenvalue weighted by Crippen LogP contribution is 2.74. The van der Waals surface area contributed by atoms with Crippen molar-refractivity contribution in [2.24, 2.45) is 5.41 Å². The second kappa shape index (κ2) is 3.51. The summed E-state index contributed by atoms with van der Waals surface area (Å²) in [5.41, 5.74) is 4.24. The van der Waals surface area contributed by atoms with Gasteiger partial charge in [-0.25, -0.2) is 8.42 Å². The summed E-state index contributed by atoms with van der Waals surface area (Å²) in [7, 11) is 2.02. The van der Waals surface area contributed by atoms with Crippen LogP contribution in [0, 0.1) is 19.3 Å². The number of hydrogen-bond donors (Lipinski definition) is 0. The summed E-state index contributed by atoms with van der Waals surface area (Å²) in [6, 6.07) is 6.55. The minimum Gasteiger partial charge on any atom is -0.212 e. The second-order valence-corrected chi connectivity index (χ2v) is 9.09. The molecule has 2 bridgehead atoms. The first kappa shape index (κ1) is 12.5. The van der Waals surface area contributed by atoms with Crippen LogP contribution in [0.1, 0.15) is 36.0 Å². The van der Waals surface area contributed by atoms with Crippen LogP contribution in [0.2, 0.25) is 0 Å². The molecule has 0 amide bonds. The molecule has 0 aromatic heterocycles. The fourth-order valence-electron chi connectivity index (χ4n) is 4.11. The molecule has 18 heavy (non-hydrogen) atoms. The average molecular weight is 285 g/mol. The minimum absolute atomic E-state index is 0.0171. The molecule has 0 spiro atoms. The summed E-state index contributed by atoms with van der Waals surface area (Å²) in [6.45, 7) is 4.24. The average Bonchev–Trinajstić information content (AvgIpc) is 2.12. The first-order valence-electron chi connectivity index (χ1n) is 6.24. The molecule has 3 fully saturated rings. The van der Waals surface area contributed by atoms with Gasteiger partial charge in [0.2, 0.25) is 9.05 Å². The Morgan fingerprint density at radius 3 is 2.39 bits per heavy atom. The first-order chi connectivity index (χ1) is 8.24. The zero-order chi connectivity index (χ0) is 13.2. The van der Waals surface area contributed by atoms with Crippen LogP contribution in [0.3, 0.4) is 0 Å². The monoisotopic (exact) mass is 284 g/mol. The van der Waals surface area contributed by atoms with Gasteiger partial charge in [-0.1, -0.05) is 23.8 Å². The van der Waals surface area contributed by atoms with Gasteiger partial charge in [-0.05, 0) is 55.1 Å². The predicted octanol–water partition coefficient (Wildman–Crippen LogP) is 3.29. The van der Waals surface area contributed by atoms with Crippen molar-refractivity contribution in [3.8, 4) is 0 Å². The molecule has 2 nitrogen and oxygen atoms in total. The van der Waals surface area contributed by atoms with Crippen LogP contribution in [0.5, 0.6) is 0 Å². The van der Waals surface area contributed by atoms with Crippen LogP contribution in [0.15, 0.2) is 18.2 Å². The van der Waals surface area contributed by atoms with Gasteiger partial charge < -0.3 is 0 Å². The second-order valence-electron chi connectivity index (χ2n) is 6.31. The van der Waals surface area contributed by atoms with Crippen LogP contribution in [-0.2, 0) is 14.5 Å². The van der Waals surface area contributed by atoms with Crippen molar-refractivity contribution < 1.29 is 8.42 Å². The summed E-state index contributed by atoms with van der Waals surface area (Å²) < 4.78 is 22.4. The molecule has 0 aliphatic heterocycles. The van der Waals surface area contributed by atoms with Crippen LogP contribution < -0.4 is 0 Å². The fraction of sp³-hybridized carbons (Fsp3) is 0.571. The van der Waals surface area contributed by atoms with Crippen LogP contribution in [0.25, 0.3) is 0 Å². The quantitative estimate of drug-likeness (QED) is 0.798. The lowest BCUT2D eigenvalue weighted by Gasteiger charge is -2.71. The number of rotatable bonds is 3. The molecule has 0 unspecified atom stereocenters. The van der Waals surface area contributed by atoms with E-state index in [9.17, 15) is 8.42 Å². The topological polar surface area (TPSA) is 34.1 Å². The van der Waals surface area contributed by atoms with E-state index in [2.05, 4.69) is 32.0 Å². The molecule has 3 aliphatic rings. The highest BCUT2D eigenvalue weighted by Gasteiger charge is 2.69. The van der Waals surface area contributed by atoms with Crippen LogP contribution in [0.4, 0.5) is 0 Å². The van der Waals surface area contributed by atoms with Gasteiger partial charge in [-0.2, -0.15) is 0 Å². The highest BCUT2D eigenvalue weighted by molar-refractivity contribution is 8.13.